The molecule has 0 saturated carbocycles. The highest BCUT2D eigenvalue weighted by Crippen LogP contribution is 2.43. The summed E-state index contributed by atoms with van der Waals surface area (Å²) in [7, 11) is 3.29. The van der Waals surface area contributed by atoms with Crippen LogP contribution in [-0.4, -0.2) is 20.0 Å². The Morgan fingerprint density at radius 1 is 0.889 bits per heavy atom. The van der Waals surface area contributed by atoms with E-state index in [9.17, 15) is 4.79 Å². The van der Waals surface area contributed by atoms with Gasteiger partial charge in [0.1, 0.15) is 11.5 Å². The van der Waals surface area contributed by atoms with E-state index in [-0.39, 0.29) is 11.0 Å². The summed E-state index contributed by atoms with van der Waals surface area (Å²) in [5, 5.41) is -0.0279. The Hall–Kier alpha value is -2.72. The van der Waals surface area contributed by atoms with E-state index in [0.29, 0.717) is 6.42 Å². The predicted molar refractivity (Wildman–Crippen MR) is 110 cm³/mol. The quantitative estimate of drug-likeness (QED) is 0.366. The minimum Gasteiger partial charge on any atom is -0.497 e. The average Bonchev–Trinajstić information content (AvgIpc) is 2.74. The normalized spacial score (nSPS) is 11.6. The van der Waals surface area contributed by atoms with Gasteiger partial charge in [-0.2, -0.15) is 0 Å². The van der Waals surface area contributed by atoms with Crippen molar-refractivity contribution in [2.45, 2.75) is 16.6 Å². The van der Waals surface area contributed by atoms with Crippen molar-refractivity contribution in [2.75, 3.05) is 14.2 Å². The maximum Gasteiger partial charge on any atom is 0.164 e. The lowest BCUT2D eigenvalue weighted by molar-refractivity contribution is 0.0982. The second kappa shape index (κ2) is 9.28. The van der Waals surface area contributed by atoms with Gasteiger partial charge >= 0.3 is 0 Å². The van der Waals surface area contributed by atoms with Gasteiger partial charge in [-0.3, -0.25) is 4.79 Å². The topological polar surface area (TPSA) is 35.5 Å². The average molecular weight is 378 g/mol. The number of ether oxygens (including phenoxy) is 2. The molecule has 0 aromatic heterocycles. The van der Waals surface area contributed by atoms with Crippen LogP contribution in [0.5, 0.6) is 11.5 Å². The van der Waals surface area contributed by atoms with E-state index in [1.54, 1.807) is 26.0 Å². The largest absolute Gasteiger partial charge is 0.497 e. The Labute approximate surface area is 164 Å². The smallest absolute Gasteiger partial charge is 0.164 e. The number of ketones is 1. The molecule has 0 heterocycles. The minimum atomic E-state index is -0.0279. The van der Waals surface area contributed by atoms with Gasteiger partial charge in [-0.1, -0.05) is 60.7 Å². The van der Waals surface area contributed by atoms with E-state index < -0.39 is 0 Å². The molecule has 0 aliphatic rings. The first-order chi connectivity index (χ1) is 13.2. The van der Waals surface area contributed by atoms with Crippen LogP contribution in [0.4, 0.5) is 0 Å². The van der Waals surface area contributed by atoms with Gasteiger partial charge in [0, 0.05) is 17.2 Å². The van der Waals surface area contributed by atoms with Crippen LogP contribution >= 0.6 is 11.8 Å². The fourth-order valence-corrected chi connectivity index (χ4v) is 4.12. The van der Waals surface area contributed by atoms with Crippen molar-refractivity contribution < 1.29 is 14.3 Å². The second-order valence-electron chi connectivity index (χ2n) is 6.03. The molecule has 4 heteroatoms. The molecule has 0 bridgehead atoms. The standard InChI is InChI=1S/C23H22O3S/c1-25-19-13-14-21(26-2)23(15-19)27-22(18-11-7-4-8-12-18)16-20(24)17-9-5-3-6-10-17/h3-15,22H,16H2,1-2H3/t22-/m1/s1. The number of methoxy groups -OCH3 is 2. The van der Waals surface area contributed by atoms with Gasteiger partial charge in [0.05, 0.1) is 19.1 Å². The van der Waals surface area contributed by atoms with Crippen LogP contribution in [0.3, 0.4) is 0 Å². The summed E-state index contributed by atoms with van der Waals surface area (Å²) >= 11 is 1.62. The third-order valence-electron chi connectivity index (χ3n) is 4.28. The van der Waals surface area contributed by atoms with Crippen molar-refractivity contribution in [3.63, 3.8) is 0 Å². The maximum atomic E-state index is 12.8. The zero-order valence-electron chi connectivity index (χ0n) is 15.4. The van der Waals surface area contributed by atoms with Crippen molar-refractivity contribution in [2.24, 2.45) is 0 Å². The summed E-state index contributed by atoms with van der Waals surface area (Å²) in [6.45, 7) is 0. The molecule has 3 rings (SSSR count). The summed E-state index contributed by atoms with van der Waals surface area (Å²) in [6, 6.07) is 25.2. The Bertz CT molecular complexity index is 879. The van der Waals surface area contributed by atoms with Crippen molar-refractivity contribution >= 4 is 17.5 Å². The molecule has 0 N–H and O–H groups in total. The molecule has 0 saturated heterocycles. The molecule has 0 aliphatic carbocycles. The number of hydrogen-bond acceptors (Lipinski definition) is 4. The second-order valence-corrected chi connectivity index (χ2v) is 7.27. The van der Waals surface area contributed by atoms with Crippen LogP contribution in [0.15, 0.2) is 83.8 Å². The van der Waals surface area contributed by atoms with Crippen LogP contribution < -0.4 is 9.47 Å². The third kappa shape index (κ3) is 4.92. The molecule has 3 nitrogen and oxygen atoms in total. The molecule has 3 aromatic carbocycles. The highest BCUT2D eigenvalue weighted by molar-refractivity contribution is 7.99. The lowest BCUT2D eigenvalue weighted by Crippen LogP contribution is -2.05. The van der Waals surface area contributed by atoms with E-state index in [2.05, 4.69) is 12.1 Å². The van der Waals surface area contributed by atoms with Crippen molar-refractivity contribution in [1.29, 1.82) is 0 Å². The highest BCUT2D eigenvalue weighted by atomic mass is 32.2. The van der Waals surface area contributed by atoms with E-state index >= 15 is 0 Å². The lowest BCUT2D eigenvalue weighted by atomic mass is 10.0. The first kappa shape index (κ1) is 19.1. The van der Waals surface area contributed by atoms with E-state index in [1.165, 1.54) is 0 Å². The SMILES string of the molecule is COc1ccc(OC)c(S[C@H](CC(=O)c2ccccc2)c2ccccc2)c1. The van der Waals surface area contributed by atoms with Crippen molar-refractivity contribution in [1.82, 2.24) is 0 Å². The Balaban J connectivity index is 1.90. The summed E-state index contributed by atoms with van der Waals surface area (Å²) in [5.41, 5.74) is 1.84. The molecule has 27 heavy (non-hydrogen) atoms. The van der Waals surface area contributed by atoms with Gasteiger partial charge in [0.25, 0.3) is 0 Å². The van der Waals surface area contributed by atoms with Gasteiger partial charge in [0.15, 0.2) is 5.78 Å². The first-order valence-corrected chi connectivity index (χ1v) is 9.61. The molecule has 0 unspecified atom stereocenters. The molecule has 0 radical (unpaired) electrons. The summed E-state index contributed by atoms with van der Waals surface area (Å²) < 4.78 is 10.9. The Morgan fingerprint density at radius 2 is 1.56 bits per heavy atom. The summed E-state index contributed by atoms with van der Waals surface area (Å²) in [5.74, 6) is 1.66. The van der Waals surface area contributed by atoms with Gasteiger partial charge in [0.2, 0.25) is 0 Å². The fourth-order valence-electron chi connectivity index (χ4n) is 2.83. The van der Waals surface area contributed by atoms with Gasteiger partial charge < -0.3 is 9.47 Å². The number of carbonyl (C=O) groups is 1. The number of benzene rings is 3. The Morgan fingerprint density at radius 3 is 2.19 bits per heavy atom. The van der Waals surface area contributed by atoms with Crippen LogP contribution in [0, 0.1) is 0 Å². The number of Topliss-reactive ketones (excluding diaryl/α,β-unsaturated/α-hetero) is 1. The molecule has 0 spiro atoms. The number of hydrogen-bond donors (Lipinski definition) is 0. The lowest BCUT2D eigenvalue weighted by Gasteiger charge is -2.19. The molecular formula is C23H22O3S. The third-order valence-corrected chi connectivity index (χ3v) is 5.57. The highest BCUT2D eigenvalue weighted by Gasteiger charge is 2.20. The zero-order chi connectivity index (χ0) is 19.1. The summed E-state index contributed by atoms with van der Waals surface area (Å²) in [6.07, 6.45) is 0.402. The van der Waals surface area contributed by atoms with Crippen LogP contribution in [0.25, 0.3) is 0 Å². The van der Waals surface area contributed by atoms with Crippen LogP contribution in [0.1, 0.15) is 27.6 Å². The van der Waals surface area contributed by atoms with Crippen LogP contribution in [-0.2, 0) is 0 Å². The molecule has 1 atom stereocenters. The zero-order valence-corrected chi connectivity index (χ0v) is 16.2. The fraction of sp³-hybridized carbons (Fsp3) is 0.174. The molecule has 0 aliphatic heterocycles. The summed E-state index contributed by atoms with van der Waals surface area (Å²) in [4.78, 5) is 13.8. The predicted octanol–water partition coefficient (Wildman–Crippen LogP) is 5.81. The van der Waals surface area contributed by atoms with Gasteiger partial charge in [-0.15, -0.1) is 11.8 Å². The van der Waals surface area contributed by atoms with Crippen molar-refractivity contribution in [3.05, 3.63) is 90.0 Å². The van der Waals surface area contributed by atoms with Crippen LogP contribution in [0.2, 0.25) is 0 Å². The molecular weight excluding hydrogens is 356 g/mol. The van der Waals surface area contributed by atoms with E-state index in [1.807, 2.05) is 66.7 Å². The molecule has 0 fully saturated rings. The first-order valence-electron chi connectivity index (χ1n) is 8.73. The van der Waals surface area contributed by atoms with E-state index in [0.717, 1.165) is 27.5 Å². The minimum absolute atomic E-state index is 0.0279. The number of carbonyl (C=O) groups excluding carboxylic acids is 1. The number of rotatable bonds is 8. The van der Waals surface area contributed by atoms with Gasteiger partial charge in [-0.25, -0.2) is 0 Å². The maximum absolute atomic E-state index is 12.8. The molecule has 138 valence electrons. The molecule has 0 amide bonds. The number of thioether (sulfide) groups is 1. The molecule has 3 aromatic rings. The van der Waals surface area contributed by atoms with Gasteiger partial charge in [-0.05, 0) is 23.8 Å². The van der Waals surface area contributed by atoms with Crippen molar-refractivity contribution in [3.8, 4) is 11.5 Å². The Kier molecular flexibility index (Phi) is 6.55. The monoisotopic (exact) mass is 378 g/mol. The van der Waals surface area contributed by atoms with E-state index in [4.69, 9.17) is 9.47 Å².